The van der Waals surface area contributed by atoms with Crippen LogP contribution in [0.3, 0.4) is 0 Å². The van der Waals surface area contributed by atoms with E-state index in [0.29, 0.717) is 12.1 Å². The van der Waals surface area contributed by atoms with Gasteiger partial charge in [-0.25, -0.2) is 0 Å². The Hall–Kier alpha value is -0.590. The van der Waals surface area contributed by atoms with Gasteiger partial charge in [0, 0.05) is 25.2 Å². The van der Waals surface area contributed by atoms with Crippen LogP contribution in [0.1, 0.15) is 47.0 Å². The summed E-state index contributed by atoms with van der Waals surface area (Å²) in [6, 6.07) is 3.66. The van der Waals surface area contributed by atoms with Gasteiger partial charge in [-0.15, -0.1) is 0 Å². The molecule has 1 aliphatic rings. The van der Waals surface area contributed by atoms with Crippen molar-refractivity contribution in [2.75, 3.05) is 19.6 Å². The van der Waals surface area contributed by atoms with Gasteiger partial charge in [-0.2, -0.15) is 5.26 Å². The lowest BCUT2D eigenvalue weighted by molar-refractivity contribution is 0.114. The van der Waals surface area contributed by atoms with Crippen LogP contribution in [0.4, 0.5) is 0 Å². The minimum atomic E-state index is -0.152. The van der Waals surface area contributed by atoms with Crippen molar-refractivity contribution in [1.29, 1.82) is 5.26 Å². The first-order valence-electron chi connectivity index (χ1n) is 6.84. The van der Waals surface area contributed by atoms with Crippen LogP contribution in [-0.2, 0) is 0 Å². The maximum Gasteiger partial charge on any atom is 0.0683 e. The lowest BCUT2D eigenvalue weighted by Crippen LogP contribution is -2.55. The maximum atomic E-state index is 8.96. The highest BCUT2D eigenvalue weighted by molar-refractivity contribution is 4.91. The molecule has 0 spiro atoms. The topological polar surface area (TPSA) is 39.1 Å². The third kappa shape index (κ3) is 4.65. The van der Waals surface area contributed by atoms with Crippen molar-refractivity contribution in [3.63, 3.8) is 0 Å². The summed E-state index contributed by atoms with van der Waals surface area (Å²) in [5, 5.41) is 12.4. The highest BCUT2D eigenvalue weighted by atomic mass is 15.2. The highest BCUT2D eigenvalue weighted by Gasteiger charge is 2.24. The summed E-state index contributed by atoms with van der Waals surface area (Å²) in [4.78, 5) is 2.59. The largest absolute Gasteiger partial charge is 0.314 e. The molecule has 0 bridgehead atoms. The van der Waals surface area contributed by atoms with Crippen molar-refractivity contribution < 1.29 is 0 Å². The molecule has 17 heavy (non-hydrogen) atoms. The highest BCUT2D eigenvalue weighted by Crippen LogP contribution is 2.22. The maximum absolute atomic E-state index is 8.96. The molecule has 3 heteroatoms. The number of hydrogen-bond donors (Lipinski definition) is 1. The lowest BCUT2D eigenvalue weighted by Gasteiger charge is -2.39. The first-order chi connectivity index (χ1) is 7.96. The smallest absolute Gasteiger partial charge is 0.0683 e. The van der Waals surface area contributed by atoms with Gasteiger partial charge in [0.2, 0.25) is 0 Å². The molecule has 1 saturated heterocycles. The zero-order valence-corrected chi connectivity index (χ0v) is 11.8. The number of piperazine rings is 1. The van der Waals surface area contributed by atoms with Crippen molar-refractivity contribution in [1.82, 2.24) is 10.2 Å². The van der Waals surface area contributed by atoms with E-state index in [0.717, 1.165) is 25.9 Å². The predicted molar refractivity (Wildman–Crippen MR) is 71.7 cm³/mol. The molecule has 98 valence electrons. The number of nitriles is 1. The molecule has 0 saturated carbocycles. The Morgan fingerprint density at radius 1 is 1.24 bits per heavy atom. The standard InChI is InChI=1S/C14H27N3/c1-12-9-16-10-13(2)17(12)8-6-5-7-14(3,4)11-15/h12-13,16H,5-10H2,1-4H3. The Labute approximate surface area is 106 Å². The molecular formula is C14H27N3. The first kappa shape index (κ1) is 14.5. The van der Waals surface area contributed by atoms with E-state index in [4.69, 9.17) is 5.26 Å². The van der Waals surface area contributed by atoms with E-state index in [9.17, 15) is 0 Å². The van der Waals surface area contributed by atoms with Crippen molar-refractivity contribution in [3.05, 3.63) is 0 Å². The zero-order chi connectivity index (χ0) is 12.9. The molecule has 0 aromatic rings. The number of hydrogen-bond acceptors (Lipinski definition) is 3. The van der Waals surface area contributed by atoms with Gasteiger partial charge in [0.15, 0.2) is 0 Å². The molecule has 1 heterocycles. The SMILES string of the molecule is CC1CNCC(C)N1CCCCC(C)(C)C#N. The molecule has 2 unspecified atom stereocenters. The molecule has 0 aliphatic carbocycles. The molecule has 2 atom stereocenters. The summed E-state index contributed by atoms with van der Waals surface area (Å²) < 4.78 is 0. The van der Waals surface area contributed by atoms with Crippen LogP contribution in [0, 0.1) is 16.7 Å². The minimum Gasteiger partial charge on any atom is -0.314 e. The Kier molecular flexibility index (Phi) is 5.42. The van der Waals surface area contributed by atoms with Crippen molar-refractivity contribution in [2.45, 2.75) is 59.0 Å². The molecule has 1 aliphatic heterocycles. The van der Waals surface area contributed by atoms with Gasteiger partial charge < -0.3 is 5.32 Å². The normalized spacial score (nSPS) is 26.8. The van der Waals surface area contributed by atoms with E-state index in [1.165, 1.54) is 13.0 Å². The number of nitrogens with one attached hydrogen (secondary N) is 1. The quantitative estimate of drug-likeness (QED) is 0.746. The third-order valence-corrected chi connectivity index (χ3v) is 3.78. The molecule has 0 aromatic heterocycles. The van der Waals surface area contributed by atoms with E-state index in [1.54, 1.807) is 0 Å². The summed E-state index contributed by atoms with van der Waals surface area (Å²) in [5.41, 5.74) is -0.152. The van der Waals surface area contributed by atoms with Crippen LogP contribution in [0.5, 0.6) is 0 Å². The summed E-state index contributed by atoms with van der Waals surface area (Å²) >= 11 is 0. The molecule has 0 radical (unpaired) electrons. The van der Waals surface area contributed by atoms with Gasteiger partial charge >= 0.3 is 0 Å². The molecule has 3 nitrogen and oxygen atoms in total. The van der Waals surface area contributed by atoms with Crippen molar-refractivity contribution in [3.8, 4) is 6.07 Å². The fraction of sp³-hybridized carbons (Fsp3) is 0.929. The summed E-state index contributed by atoms with van der Waals surface area (Å²) in [6.07, 6.45) is 3.38. The average Bonchev–Trinajstić information content (AvgIpc) is 2.27. The fourth-order valence-corrected chi connectivity index (χ4v) is 2.53. The monoisotopic (exact) mass is 237 g/mol. The molecule has 0 amide bonds. The molecule has 1 N–H and O–H groups in total. The van der Waals surface area contributed by atoms with E-state index < -0.39 is 0 Å². The van der Waals surface area contributed by atoms with Crippen LogP contribution in [0.2, 0.25) is 0 Å². The molecule has 1 fully saturated rings. The van der Waals surface area contributed by atoms with Crippen LogP contribution >= 0.6 is 0 Å². The number of rotatable bonds is 5. The number of unbranched alkanes of at least 4 members (excludes halogenated alkanes) is 1. The van der Waals surface area contributed by atoms with Gasteiger partial charge in [0.25, 0.3) is 0 Å². The second kappa shape index (κ2) is 6.37. The van der Waals surface area contributed by atoms with Gasteiger partial charge in [-0.3, -0.25) is 4.90 Å². The Morgan fingerprint density at radius 3 is 2.35 bits per heavy atom. The molecule has 0 aromatic carbocycles. The van der Waals surface area contributed by atoms with Gasteiger partial charge in [0.1, 0.15) is 0 Å². The van der Waals surface area contributed by atoms with Crippen molar-refractivity contribution >= 4 is 0 Å². The van der Waals surface area contributed by atoms with Gasteiger partial charge in [-0.1, -0.05) is 6.42 Å². The van der Waals surface area contributed by atoms with Gasteiger partial charge in [0.05, 0.1) is 11.5 Å². The fourth-order valence-electron chi connectivity index (χ4n) is 2.53. The van der Waals surface area contributed by atoms with Gasteiger partial charge in [-0.05, 0) is 47.1 Å². The summed E-state index contributed by atoms with van der Waals surface area (Å²) in [5.74, 6) is 0. The van der Waals surface area contributed by atoms with E-state index in [-0.39, 0.29) is 5.41 Å². The average molecular weight is 237 g/mol. The van der Waals surface area contributed by atoms with Crippen LogP contribution in [0.25, 0.3) is 0 Å². The zero-order valence-electron chi connectivity index (χ0n) is 11.8. The third-order valence-electron chi connectivity index (χ3n) is 3.78. The van der Waals surface area contributed by atoms with Crippen LogP contribution in [-0.4, -0.2) is 36.6 Å². The van der Waals surface area contributed by atoms with E-state index in [2.05, 4.69) is 30.1 Å². The molecular weight excluding hydrogens is 210 g/mol. The van der Waals surface area contributed by atoms with Crippen molar-refractivity contribution in [2.24, 2.45) is 5.41 Å². The Balaban J connectivity index is 2.24. The second-order valence-corrected chi connectivity index (χ2v) is 6.05. The van der Waals surface area contributed by atoms with Crippen LogP contribution < -0.4 is 5.32 Å². The Morgan fingerprint density at radius 2 is 1.82 bits per heavy atom. The predicted octanol–water partition coefficient (Wildman–Crippen LogP) is 2.39. The Bertz CT molecular complexity index is 257. The second-order valence-electron chi connectivity index (χ2n) is 6.05. The minimum absolute atomic E-state index is 0.152. The summed E-state index contributed by atoms with van der Waals surface area (Å²) in [6.45, 7) is 12.0. The number of nitrogens with zero attached hydrogens (tertiary/aromatic N) is 2. The summed E-state index contributed by atoms with van der Waals surface area (Å²) in [7, 11) is 0. The first-order valence-corrected chi connectivity index (χ1v) is 6.84. The molecule has 1 rings (SSSR count). The van der Waals surface area contributed by atoms with E-state index >= 15 is 0 Å². The van der Waals surface area contributed by atoms with E-state index in [1.807, 2.05) is 13.8 Å². The van der Waals surface area contributed by atoms with Crippen LogP contribution in [0.15, 0.2) is 0 Å². The lowest BCUT2D eigenvalue weighted by atomic mass is 9.89.